The standard InChI is InChI=1S/C20H26F3N3O5S/c21-20(22,23)16-2-1-3-18(12-16)32(28,29)26-8-4-17(5-9-26)25-31-14-19(27)24-13-15-6-10-30-11-7-15/h1-3,12,15H,4-11,13-14H2,(H,24,27). The molecule has 1 aromatic rings. The lowest BCUT2D eigenvalue weighted by molar-refractivity contribution is -0.137. The summed E-state index contributed by atoms with van der Waals surface area (Å²) in [6, 6.07) is 3.70. The van der Waals surface area contributed by atoms with Gasteiger partial charge in [0.1, 0.15) is 0 Å². The lowest BCUT2D eigenvalue weighted by Gasteiger charge is -2.27. The fourth-order valence-corrected chi connectivity index (χ4v) is 4.99. The van der Waals surface area contributed by atoms with Crippen molar-refractivity contribution in [2.24, 2.45) is 11.1 Å². The zero-order valence-electron chi connectivity index (χ0n) is 17.4. The van der Waals surface area contributed by atoms with Gasteiger partial charge in [0.15, 0.2) is 6.61 Å². The van der Waals surface area contributed by atoms with Gasteiger partial charge in [0.05, 0.1) is 16.2 Å². The summed E-state index contributed by atoms with van der Waals surface area (Å²) < 4.78 is 70.5. The highest BCUT2D eigenvalue weighted by Gasteiger charge is 2.33. The zero-order valence-corrected chi connectivity index (χ0v) is 18.3. The summed E-state index contributed by atoms with van der Waals surface area (Å²) in [7, 11) is -4.06. The monoisotopic (exact) mass is 477 g/mol. The first-order chi connectivity index (χ1) is 15.2. The Balaban J connectivity index is 1.46. The van der Waals surface area contributed by atoms with E-state index in [1.807, 2.05) is 0 Å². The normalized spacial score (nSPS) is 18.9. The number of nitrogens with one attached hydrogen (secondary N) is 1. The number of hydrogen-bond donors (Lipinski definition) is 1. The molecular weight excluding hydrogens is 451 g/mol. The molecule has 0 atom stereocenters. The molecule has 0 aromatic heterocycles. The molecule has 178 valence electrons. The van der Waals surface area contributed by atoms with Crippen LogP contribution in [0.3, 0.4) is 0 Å². The van der Waals surface area contributed by atoms with Crippen LogP contribution in [0.25, 0.3) is 0 Å². The molecular formula is C20H26F3N3O5S. The molecule has 2 heterocycles. The SMILES string of the molecule is O=C(CON=C1CCN(S(=O)(=O)c2cccc(C(F)(F)F)c2)CC1)NCC1CCOCC1. The summed E-state index contributed by atoms with van der Waals surface area (Å²) in [5.74, 6) is 0.104. The van der Waals surface area contributed by atoms with Crippen LogP contribution in [0.15, 0.2) is 34.3 Å². The minimum absolute atomic E-state index is 0.0662. The Hall–Kier alpha value is -2.18. The number of oxime groups is 1. The van der Waals surface area contributed by atoms with Crippen molar-refractivity contribution in [2.45, 2.75) is 36.8 Å². The molecule has 2 fully saturated rings. The Morgan fingerprint density at radius 1 is 1.22 bits per heavy atom. The smallest absolute Gasteiger partial charge is 0.386 e. The fraction of sp³-hybridized carbons (Fsp3) is 0.600. The summed E-state index contributed by atoms with van der Waals surface area (Å²) in [4.78, 5) is 16.6. The van der Waals surface area contributed by atoms with E-state index in [-0.39, 0.29) is 38.4 Å². The predicted octanol–water partition coefficient (Wildman–Crippen LogP) is 2.41. The second-order valence-corrected chi connectivity index (χ2v) is 9.66. The fourth-order valence-electron chi connectivity index (χ4n) is 3.50. The minimum atomic E-state index is -4.62. The van der Waals surface area contributed by atoms with Crippen molar-refractivity contribution < 1.29 is 36.0 Å². The number of hydrogen-bond acceptors (Lipinski definition) is 6. The van der Waals surface area contributed by atoms with Crippen molar-refractivity contribution in [1.29, 1.82) is 0 Å². The molecule has 2 saturated heterocycles. The number of nitrogens with zero attached hydrogens (tertiary/aromatic N) is 2. The van der Waals surface area contributed by atoms with Gasteiger partial charge in [-0.05, 0) is 37.0 Å². The Kier molecular flexibility index (Phi) is 8.12. The van der Waals surface area contributed by atoms with Crippen molar-refractivity contribution in [2.75, 3.05) is 39.5 Å². The molecule has 0 aliphatic carbocycles. The molecule has 2 aliphatic heterocycles. The van der Waals surface area contributed by atoms with Crippen molar-refractivity contribution in [3.05, 3.63) is 29.8 Å². The third-order valence-corrected chi connectivity index (χ3v) is 7.31. The number of rotatable bonds is 7. The second kappa shape index (κ2) is 10.6. The molecule has 2 aliphatic rings. The van der Waals surface area contributed by atoms with E-state index >= 15 is 0 Å². The highest BCUT2D eigenvalue weighted by Crippen LogP contribution is 2.31. The number of ether oxygens (including phenoxy) is 1. The van der Waals surface area contributed by atoms with E-state index in [0.29, 0.717) is 37.5 Å². The number of benzene rings is 1. The largest absolute Gasteiger partial charge is 0.416 e. The number of piperidine rings is 1. The van der Waals surface area contributed by atoms with E-state index < -0.39 is 26.7 Å². The maximum absolute atomic E-state index is 12.9. The Bertz CT molecular complexity index is 921. The number of carbonyl (C=O) groups excluding carboxylic acids is 1. The molecule has 1 N–H and O–H groups in total. The number of alkyl halides is 3. The number of carbonyl (C=O) groups is 1. The average molecular weight is 478 g/mol. The third kappa shape index (κ3) is 6.66. The third-order valence-electron chi connectivity index (χ3n) is 5.42. The van der Waals surface area contributed by atoms with Crippen LogP contribution in [0.4, 0.5) is 13.2 Å². The van der Waals surface area contributed by atoms with Crippen LogP contribution >= 0.6 is 0 Å². The van der Waals surface area contributed by atoms with Crippen LogP contribution in [0, 0.1) is 5.92 Å². The van der Waals surface area contributed by atoms with Gasteiger partial charge < -0.3 is 14.9 Å². The molecule has 0 unspecified atom stereocenters. The van der Waals surface area contributed by atoms with Gasteiger partial charge in [0.25, 0.3) is 5.91 Å². The molecule has 12 heteroatoms. The van der Waals surface area contributed by atoms with E-state index in [2.05, 4.69) is 10.5 Å². The second-order valence-electron chi connectivity index (χ2n) is 7.72. The molecule has 1 aromatic carbocycles. The molecule has 0 spiro atoms. The highest BCUT2D eigenvalue weighted by molar-refractivity contribution is 7.89. The van der Waals surface area contributed by atoms with Gasteiger partial charge in [-0.15, -0.1) is 0 Å². The lowest BCUT2D eigenvalue weighted by atomic mass is 10.0. The van der Waals surface area contributed by atoms with Gasteiger partial charge in [-0.3, -0.25) is 4.79 Å². The summed E-state index contributed by atoms with van der Waals surface area (Å²) in [5.41, 5.74) is -0.418. The van der Waals surface area contributed by atoms with E-state index in [1.165, 1.54) is 0 Å². The summed E-state index contributed by atoms with van der Waals surface area (Å²) in [6.07, 6.45) is -2.28. The lowest BCUT2D eigenvalue weighted by Crippen LogP contribution is -2.39. The number of amides is 1. The molecule has 3 rings (SSSR count). The highest BCUT2D eigenvalue weighted by atomic mass is 32.2. The van der Waals surface area contributed by atoms with E-state index in [4.69, 9.17) is 9.57 Å². The summed E-state index contributed by atoms with van der Waals surface area (Å²) in [6.45, 7) is 1.85. The van der Waals surface area contributed by atoms with Crippen LogP contribution < -0.4 is 5.32 Å². The van der Waals surface area contributed by atoms with Crippen LogP contribution in [-0.2, 0) is 30.6 Å². The van der Waals surface area contributed by atoms with Crippen LogP contribution in [0.1, 0.15) is 31.2 Å². The molecule has 0 radical (unpaired) electrons. The van der Waals surface area contributed by atoms with Gasteiger partial charge in [-0.2, -0.15) is 17.5 Å². The minimum Gasteiger partial charge on any atom is -0.386 e. The quantitative estimate of drug-likeness (QED) is 0.609. The average Bonchev–Trinajstić information content (AvgIpc) is 2.78. The molecule has 0 bridgehead atoms. The van der Waals surface area contributed by atoms with Gasteiger partial charge in [0.2, 0.25) is 10.0 Å². The van der Waals surface area contributed by atoms with E-state index in [9.17, 15) is 26.4 Å². The van der Waals surface area contributed by atoms with Crippen molar-refractivity contribution in [1.82, 2.24) is 9.62 Å². The predicted molar refractivity (Wildman–Crippen MR) is 109 cm³/mol. The maximum atomic E-state index is 12.9. The van der Waals surface area contributed by atoms with Crippen molar-refractivity contribution >= 4 is 21.6 Å². The van der Waals surface area contributed by atoms with Gasteiger partial charge >= 0.3 is 6.18 Å². The molecule has 0 saturated carbocycles. The zero-order chi connectivity index (χ0) is 23.2. The Labute approximate surface area is 184 Å². The molecule has 1 amide bonds. The Morgan fingerprint density at radius 2 is 1.91 bits per heavy atom. The van der Waals surface area contributed by atoms with Crippen LogP contribution in [0.5, 0.6) is 0 Å². The molecule has 32 heavy (non-hydrogen) atoms. The topological polar surface area (TPSA) is 97.3 Å². The summed E-state index contributed by atoms with van der Waals surface area (Å²) in [5, 5.41) is 6.71. The number of sulfonamides is 1. The molecule has 8 nitrogen and oxygen atoms in total. The number of halogens is 3. The first-order valence-electron chi connectivity index (χ1n) is 10.4. The van der Waals surface area contributed by atoms with Gasteiger partial charge in [0, 0.05) is 45.7 Å². The first-order valence-corrected chi connectivity index (χ1v) is 11.8. The van der Waals surface area contributed by atoms with Gasteiger partial charge in [-0.1, -0.05) is 11.2 Å². The van der Waals surface area contributed by atoms with E-state index in [1.54, 1.807) is 0 Å². The van der Waals surface area contributed by atoms with Gasteiger partial charge in [-0.25, -0.2) is 8.42 Å². The van der Waals surface area contributed by atoms with Crippen LogP contribution in [-0.4, -0.2) is 63.8 Å². The maximum Gasteiger partial charge on any atom is 0.416 e. The van der Waals surface area contributed by atoms with Crippen LogP contribution in [0.2, 0.25) is 0 Å². The first kappa shape index (κ1) is 24.5. The summed E-state index contributed by atoms with van der Waals surface area (Å²) >= 11 is 0. The Morgan fingerprint density at radius 3 is 2.56 bits per heavy atom. The van der Waals surface area contributed by atoms with Crippen molar-refractivity contribution in [3.63, 3.8) is 0 Å². The van der Waals surface area contributed by atoms with E-state index in [0.717, 1.165) is 35.3 Å². The van der Waals surface area contributed by atoms with Crippen molar-refractivity contribution in [3.8, 4) is 0 Å².